The van der Waals surface area contributed by atoms with Gasteiger partial charge in [0.05, 0.1) is 0 Å². The molecule has 0 amide bonds. The lowest BCUT2D eigenvalue weighted by atomic mass is 10.00. The van der Waals surface area contributed by atoms with Crippen LogP contribution in [-0.2, 0) is 4.74 Å². The average Bonchev–Trinajstić information content (AvgIpc) is 2.44. The maximum atomic E-state index is 13.1. The van der Waals surface area contributed by atoms with Crippen molar-refractivity contribution in [1.82, 2.24) is 0 Å². The van der Waals surface area contributed by atoms with E-state index in [1.165, 1.54) is 13.2 Å². The van der Waals surface area contributed by atoms with E-state index < -0.39 is 23.5 Å². The number of ether oxygens (including phenoxy) is 1. The SMILES string of the molecule is COC(C(=O)c1ccc(F)c(F)c1)c1ccccc1. The van der Waals surface area contributed by atoms with E-state index in [1.54, 1.807) is 24.3 Å². The van der Waals surface area contributed by atoms with Gasteiger partial charge in [-0.05, 0) is 23.8 Å². The molecular weight excluding hydrogens is 250 g/mol. The molecule has 0 radical (unpaired) electrons. The van der Waals surface area contributed by atoms with Crippen molar-refractivity contribution < 1.29 is 18.3 Å². The molecule has 0 saturated carbocycles. The minimum Gasteiger partial charge on any atom is -0.369 e. The number of benzene rings is 2. The summed E-state index contributed by atoms with van der Waals surface area (Å²) >= 11 is 0. The van der Waals surface area contributed by atoms with Gasteiger partial charge >= 0.3 is 0 Å². The molecule has 2 nitrogen and oxygen atoms in total. The van der Waals surface area contributed by atoms with Gasteiger partial charge in [0, 0.05) is 12.7 Å². The molecule has 0 saturated heterocycles. The lowest BCUT2D eigenvalue weighted by Gasteiger charge is -2.14. The monoisotopic (exact) mass is 262 g/mol. The summed E-state index contributed by atoms with van der Waals surface area (Å²) in [5.74, 6) is -2.44. The molecule has 0 heterocycles. The summed E-state index contributed by atoms with van der Waals surface area (Å²) in [7, 11) is 1.40. The highest BCUT2D eigenvalue weighted by molar-refractivity contribution is 6.00. The van der Waals surface area contributed by atoms with Crippen LogP contribution in [0.1, 0.15) is 22.0 Å². The molecule has 19 heavy (non-hydrogen) atoms. The lowest BCUT2D eigenvalue weighted by Crippen LogP contribution is -2.15. The molecular formula is C15H12F2O2. The largest absolute Gasteiger partial charge is 0.369 e. The van der Waals surface area contributed by atoms with Crippen LogP contribution < -0.4 is 0 Å². The number of halogens is 2. The molecule has 0 aliphatic rings. The van der Waals surface area contributed by atoms with Crippen molar-refractivity contribution in [2.24, 2.45) is 0 Å². The number of hydrogen-bond acceptors (Lipinski definition) is 2. The molecule has 1 atom stereocenters. The molecule has 0 bridgehead atoms. The highest BCUT2D eigenvalue weighted by Gasteiger charge is 2.22. The number of Topliss-reactive ketones (excluding diaryl/α,β-unsaturated/α-hetero) is 1. The predicted molar refractivity (Wildman–Crippen MR) is 66.9 cm³/mol. The zero-order chi connectivity index (χ0) is 13.8. The van der Waals surface area contributed by atoms with Crippen molar-refractivity contribution >= 4 is 5.78 Å². The van der Waals surface area contributed by atoms with Crippen molar-refractivity contribution in [3.63, 3.8) is 0 Å². The maximum absolute atomic E-state index is 13.1. The highest BCUT2D eigenvalue weighted by atomic mass is 19.2. The Bertz CT molecular complexity index is 582. The second kappa shape index (κ2) is 5.71. The molecule has 1 unspecified atom stereocenters. The summed E-state index contributed by atoms with van der Waals surface area (Å²) in [5, 5.41) is 0. The van der Waals surface area contributed by atoms with E-state index in [0.717, 1.165) is 12.1 Å². The average molecular weight is 262 g/mol. The summed E-state index contributed by atoms with van der Waals surface area (Å²) in [4.78, 5) is 12.2. The minimum atomic E-state index is -1.05. The number of rotatable bonds is 4. The van der Waals surface area contributed by atoms with Gasteiger partial charge < -0.3 is 4.74 Å². The molecule has 0 aliphatic carbocycles. The van der Waals surface area contributed by atoms with Gasteiger partial charge in [-0.15, -0.1) is 0 Å². The van der Waals surface area contributed by atoms with E-state index in [0.29, 0.717) is 5.56 Å². The van der Waals surface area contributed by atoms with Crippen LogP contribution in [0, 0.1) is 11.6 Å². The molecule has 2 aromatic carbocycles. The van der Waals surface area contributed by atoms with Crippen LogP contribution in [0.2, 0.25) is 0 Å². The number of methoxy groups -OCH3 is 1. The molecule has 0 aliphatic heterocycles. The van der Waals surface area contributed by atoms with Crippen molar-refractivity contribution in [3.8, 4) is 0 Å². The summed E-state index contributed by atoms with van der Waals surface area (Å²) in [6, 6.07) is 11.9. The maximum Gasteiger partial charge on any atom is 0.196 e. The molecule has 98 valence electrons. The van der Waals surface area contributed by atoms with E-state index in [9.17, 15) is 13.6 Å². The Labute approximate surface area is 109 Å². The smallest absolute Gasteiger partial charge is 0.196 e. The fourth-order valence-electron chi connectivity index (χ4n) is 1.82. The van der Waals surface area contributed by atoms with Crippen LogP contribution in [0.3, 0.4) is 0 Å². The Morgan fingerprint density at radius 3 is 2.32 bits per heavy atom. The minimum absolute atomic E-state index is 0.0783. The topological polar surface area (TPSA) is 26.3 Å². The molecule has 0 aromatic heterocycles. The Morgan fingerprint density at radius 2 is 1.74 bits per heavy atom. The summed E-state index contributed by atoms with van der Waals surface area (Å²) in [6.45, 7) is 0. The third-order valence-electron chi connectivity index (χ3n) is 2.78. The van der Waals surface area contributed by atoms with Gasteiger partial charge in [0.15, 0.2) is 17.4 Å². The molecule has 0 N–H and O–H groups in total. The van der Waals surface area contributed by atoms with Gasteiger partial charge in [-0.25, -0.2) is 8.78 Å². The van der Waals surface area contributed by atoms with Crippen LogP contribution in [0.15, 0.2) is 48.5 Å². The molecule has 2 aromatic rings. The first kappa shape index (κ1) is 13.4. The van der Waals surface area contributed by atoms with E-state index in [1.807, 2.05) is 6.07 Å². The number of carbonyl (C=O) groups is 1. The molecule has 0 spiro atoms. The Balaban J connectivity index is 2.33. The number of ketones is 1. The highest BCUT2D eigenvalue weighted by Crippen LogP contribution is 2.22. The first-order valence-electron chi connectivity index (χ1n) is 5.70. The quantitative estimate of drug-likeness (QED) is 0.788. The van der Waals surface area contributed by atoms with E-state index in [2.05, 4.69) is 0 Å². The van der Waals surface area contributed by atoms with Gasteiger partial charge in [0.1, 0.15) is 6.10 Å². The second-order valence-electron chi connectivity index (χ2n) is 4.02. The second-order valence-corrected chi connectivity index (χ2v) is 4.02. The molecule has 4 heteroatoms. The van der Waals surface area contributed by atoms with E-state index in [-0.39, 0.29) is 5.56 Å². The van der Waals surface area contributed by atoms with Gasteiger partial charge in [-0.2, -0.15) is 0 Å². The number of hydrogen-bond donors (Lipinski definition) is 0. The first-order valence-corrected chi connectivity index (χ1v) is 5.70. The zero-order valence-electron chi connectivity index (χ0n) is 10.3. The van der Waals surface area contributed by atoms with Crippen molar-refractivity contribution in [1.29, 1.82) is 0 Å². The Hall–Kier alpha value is -2.07. The number of carbonyl (C=O) groups excluding carboxylic acids is 1. The van der Waals surface area contributed by atoms with Gasteiger partial charge in [-0.3, -0.25) is 4.79 Å². The predicted octanol–water partition coefficient (Wildman–Crippen LogP) is 3.54. The Kier molecular flexibility index (Phi) is 4.02. The normalized spacial score (nSPS) is 12.2. The van der Waals surface area contributed by atoms with Crippen LogP contribution in [0.25, 0.3) is 0 Å². The van der Waals surface area contributed by atoms with E-state index in [4.69, 9.17) is 4.74 Å². The van der Waals surface area contributed by atoms with E-state index >= 15 is 0 Å². The molecule has 0 fully saturated rings. The van der Waals surface area contributed by atoms with Gasteiger partial charge in [-0.1, -0.05) is 30.3 Å². The fraction of sp³-hybridized carbons (Fsp3) is 0.133. The van der Waals surface area contributed by atoms with Crippen molar-refractivity contribution in [3.05, 3.63) is 71.3 Å². The summed E-state index contributed by atoms with van der Waals surface area (Å²) in [5.41, 5.74) is 0.745. The van der Waals surface area contributed by atoms with Crippen molar-refractivity contribution in [2.45, 2.75) is 6.10 Å². The van der Waals surface area contributed by atoms with Crippen LogP contribution >= 0.6 is 0 Å². The van der Waals surface area contributed by atoms with Gasteiger partial charge in [0.25, 0.3) is 0 Å². The lowest BCUT2D eigenvalue weighted by molar-refractivity contribution is 0.0604. The van der Waals surface area contributed by atoms with Crippen LogP contribution in [0.5, 0.6) is 0 Å². The van der Waals surface area contributed by atoms with Crippen LogP contribution in [-0.4, -0.2) is 12.9 Å². The first-order chi connectivity index (χ1) is 9.13. The zero-order valence-corrected chi connectivity index (χ0v) is 10.3. The standard InChI is InChI=1S/C15H12F2O2/c1-19-15(10-5-3-2-4-6-10)14(18)11-7-8-12(16)13(17)9-11/h2-9,15H,1H3. The summed E-state index contributed by atoms with van der Waals surface area (Å²) < 4.78 is 31.1. The molecule has 2 rings (SSSR count). The van der Waals surface area contributed by atoms with Crippen molar-refractivity contribution in [2.75, 3.05) is 7.11 Å². The third-order valence-corrected chi connectivity index (χ3v) is 2.78. The van der Waals surface area contributed by atoms with Gasteiger partial charge in [0.2, 0.25) is 0 Å². The van der Waals surface area contributed by atoms with Crippen LogP contribution in [0.4, 0.5) is 8.78 Å². The summed E-state index contributed by atoms with van der Waals surface area (Å²) in [6.07, 6.45) is -0.828. The fourth-order valence-corrected chi connectivity index (χ4v) is 1.82. The third kappa shape index (κ3) is 2.85. The Morgan fingerprint density at radius 1 is 1.05 bits per heavy atom.